The summed E-state index contributed by atoms with van der Waals surface area (Å²) in [6.45, 7) is 0.472. The number of aryl methyl sites for hydroxylation is 1. The Kier molecular flexibility index (Phi) is 3.94. The summed E-state index contributed by atoms with van der Waals surface area (Å²) in [7, 11) is 1.49. The van der Waals surface area contributed by atoms with Crippen LogP contribution < -0.4 is 5.32 Å². The third-order valence-electron chi connectivity index (χ3n) is 3.54. The van der Waals surface area contributed by atoms with Gasteiger partial charge in [0.05, 0.1) is 11.1 Å². The van der Waals surface area contributed by atoms with Crippen molar-refractivity contribution >= 4 is 17.6 Å². The van der Waals surface area contributed by atoms with Crippen molar-refractivity contribution in [2.24, 2.45) is 7.05 Å². The van der Waals surface area contributed by atoms with Crippen LogP contribution in [0.2, 0.25) is 0 Å². The van der Waals surface area contributed by atoms with Gasteiger partial charge in [-0.2, -0.15) is 0 Å². The summed E-state index contributed by atoms with van der Waals surface area (Å²) in [5.41, 5.74) is -1.58. The lowest BCUT2D eigenvalue weighted by Gasteiger charge is -2.33. The van der Waals surface area contributed by atoms with E-state index in [1.165, 1.54) is 17.8 Å². The van der Waals surface area contributed by atoms with Gasteiger partial charge in [0.1, 0.15) is 11.2 Å². The number of carboxylic acid groups (broad SMARTS) is 1. The largest absolute Gasteiger partial charge is 0.480 e. The smallest absolute Gasteiger partial charge is 0.329 e. The van der Waals surface area contributed by atoms with Gasteiger partial charge >= 0.3 is 5.97 Å². The molecule has 0 unspecified atom stereocenters. The molecule has 0 atom stereocenters. The van der Waals surface area contributed by atoms with Crippen molar-refractivity contribution in [1.29, 1.82) is 0 Å². The predicted molar refractivity (Wildman–Crippen MR) is 70.0 cm³/mol. The van der Waals surface area contributed by atoms with E-state index in [1.807, 2.05) is 0 Å². The van der Waals surface area contributed by atoms with Gasteiger partial charge in [0.2, 0.25) is 0 Å². The summed E-state index contributed by atoms with van der Waals surface area (Å²) in [6, 6.07) is 1.12. The first-order valence-corrected chi connectivity index (χ1v) is 6.30. The number of aliphatic carboxylic acids is 1. The Morgan fingerprint density at radius 1 is 1.48 bits per heavy atom. The average molecular weight is 297 g/mol. The molecule has 1 aliphatic heterocycles. The first-order valence-electron chi connectivity index (χ1n) is 6.30. The molecule has 0 radical (unpaired) electrons. The molecule has 9 heteroatoms. The Balaban J connectivity index is 2.23. The fourth-order valence-electron chi connectivity index (χ4n) is 2.27. The minimum absolute atomic E-state index is 0.0359. The molecule has 1 saturated heterocycles. The number of nitrogens with one attached hydrogen (secondary N) is 1. The highest BCUT2D eigenvalue weighted by molar-refractivity contribution is 5.97. The van der Waals surface area contributed by atoms with E-state index < -0.39 is 22.3 Å². The van der Waals surface area contributed by atoms with E-state index in [-0.39, 0.29) is 37.4 Å². The fraction of sp³-hybridized carbons (Fsp3) is 0.500. The van der Waals surface area contributed by atoms with Crippen LogP contribution in [0, 0.1) is 10.1 Å². The zero-order valence-electron chi connectivity index (χ0n) is 11.4. The van der Waals surface area contributed by atoms with Gasteiger partial charge in [0.15, 0.2) is 0 Å². The van der Waals surface area contributed by atoms with Crippen LogP contribution in [-0.4, -0.2) is 45.2 Å². The van der Waals surface area contributed by atoms with E-state index in [0.717, 1.165) is 6.07 Å². The molecule has 21 heavy (non-hydrogen) atoms. The lowest BCUT2D eigenvalue weighted by atomic mass is 9.90. The van der Waals surface area contributed by atoms with Crippen molar-refractivity contribution in [3.63, 3.8) is 0 Å². The van der Waals surface area contributed by atoms with E-state index in [4.69, 9.17) is 4.74 Å². The number of carboxylic acids is 1. The number of carbonyl (C=O) groups is 2. The van der Waals surface area contributed by atoms with E-state index in [2.05, 4.69) is 5.32 Å². The second kappa shape index (κ2) is 5.52. The number of nitrogens with zero attached hydrogens (tertiary/aromatic N) is 2. The van der Waals surface area contributed by atoms with Gasteiger partial charge in [-0.3, -0.25) is 14.9 Å². The molecular weight excluding hydrogens is 282 g/mol. The molecule has 0 bridgehead atoms. The molecule has 114 valence electrons. The number of nitro groups is 1. The molecule has 0 aliphatic carbocycles. The molecule has 1 amide bonds. The second-order valence-electron chi connectivity index (χ2n) is 4.91. The highest BCUT2D eigenvalue weighted by Crippen LogP contribution is 2.23. The first-order chi connectivity index (χ1) is 9.85. The third-order valence-corrected chi connectivity index (χ3v) is 3.54. The van der Waals surface area contributed by atoms with E-state index in [0.29, 0.717) is 0 Å². The van der Waals surface area contributed by atoms with E-state index >= 15 is 0 Å². The molecule has 2 heterocycles. The molecule has 0 saturated carbocycles. The van der Waals surface area contributed by atoms with Gasteiger partial charge < -0.3 is 19.7 Å². The minimum Gasteiger partial charge on any atom is -0.480 e. The number of hydrogen-bond donors (Lipinski definition) is 2. The van der Waals surface area contributed by atoms with Gasteiger partial charge in [0, 0.05) is 39.2 Å². The van der Waals surface area contributed by atoms with Gasteiger partial charge in [0.25, 0.3) is 11.6 Å². The number of ether oxygens (including phenoxy) is 1. The maximum absolute atomic E-state index is 12.2. The van der Waals surface area contributed by atoms with Crippen LogP contribution in [0.3, 0.4) is 0 Å². The topological polar surface area (TPSA) is 124 Å². The molecule has 1 aromatic heterocycles. The van der Waals surface area contributed by atoms with Crippen LogP contribution >= 0.6 is 0 Å². The molecule has 0 spiro atoms. The number of amides is 1. The Morgan fingerprint density at radius 2 is 2.10 bits per heavy atom. The Morgan fingerprint density at radius 3 is 2.57 bits per heavy atom. The highest BCUT2D eigenvalue weighted by atomic mass is 16.6. The quantitative estimate of drug-likeness (QED) is 0.608. The molecule has 0 aromatic carbocycles. The Hall–Kier alpha value is -2.42. The molecule has 1 aromatic rings. The van der Waals surface area contributed by atoms with Crippen LogP contribution in [-0.2, 0) is 16.6 Å². The summed E-state index contributed by atoms with van der Waals surface area (Å²) in [5, 5.41) is 22.5. The van der Waals surface area contributed by atoms with Gasteiger partial charge in [-0.05, 0) is 0 Å². The molecular formula is C12H15N3O6. The van der Waals surface area contributed by atoms with Crippen molar-refractivity contribution in [3.05, 3.63) is 28.1 Å². The summed E-state index contributed by atoms with van der Waals surface area (Å²) in [4.78, 5) is 33.8. The molecule has 2 rings (SSSR count). The summed E-state index contributed by atoms with van der Waals surface area (Å²) >= 11 is 0. The number of hydrogen-bond acceptors (Lipinski definition) is 5. The summed E-state index contributed by atoms with van der Waals surface area (Å²) in [5.74, 6) is -1.79. The second-order valence-corrected chi connectivity index (χ2v) is 4.91. The summed E-state index contributed by atoms with van der Waals surface area (Å²) in [6.07, 6.45) is 1.51. The zero-order chi connectivity index (χ0) is 15.6. The lowest BCUT2D eigenvalue weighted by molar-refractivity contribution is -0.384. The molecule has 1 fully saturated rings. The fourth-order valence-corrected chi connectivity index (χ4v) is 2.27. The van der Waals surface area contributed by atoms with E-state index in [1.54, 1.807) is 0 Å². The lowest BCUT2D eigenvalue weighted by Crippen LogP contribution is -2.57. The Labute approximate surface area is 119 Å². The first kappa shape index (κ1) is 15.0. The molecule has 9 nitrogen and oxygen atoms in total. The van der Waals surface area contributed by atoms with Crippen LogP contribution in [0.1, 0.15) is 23.3 Å². The average Bonchev–Trinajstić information content (AvgIpc) is 2.82. The van der Waals surface area contributed by atoms with Crippen LogP contribution in [0.15, 0.2) is 12.3 Å². The molecule has 1 aliphatic rings. The van der Waals surface area contributed by atoms with Crippen molar-refractivity contribution < 1.29 is 24.4 Å². The highest BCUT2D eigenvalue weighted by Gasteiger charge is 2.42. The standard InChI is InChI=1S/C12H15N3O6/c1-14-7-8(15(19)20)6-9(14)10(16)13-12(11(17)18)2-4-21-5-3-12/h6-7H,2-5H2,1H3,(H,13,16)(H,17,18). The van der Waals surface area contributed by atoms with Crippen molar-refractivity contribution in [3.8, 4) is 0 Å². The number of rotatable bonds is 4. The normalized spacial score (nSPS) is 17.2. The van der Waals surface area contributed by atoms with Crippen molar-refractivity contribution in [2.75, 3.05) is 13.2 Å². The van der Waals surface area contributed by atoms with Gasteiger partial charge in [-0.1, -0.05) is 0 Å². The summed E-state index contributed by atoms with van der Waals surface area (Å²) < 4.78 is 6.41. The SMILES string of the molecule is Cn1cc([N+](=O)[O-])cc1C(=O)NC1(C(=O)O)CCOCC1. The van der Waals surface area contributed by atoms with Gasteiger partial charge in [-0.15, -0.1) is 0 Å². The minimum atomic E-state index is -1.39. The zero-order valence-corrected chi connectivity index (χ0v) is 11.4. The third kappa shape index (κ3) is 2.87. The van der Waals surface area contributed by atoms with Crippen LogP contribution in [0.5, 0.6) is 0 Å². The maximum atomic E-state index is 12.2. The molecule has 2 N–H and O–H groups in total. The monoisotopic (exact) mass is 297 g/mol. The van der Waals surface area contributed by atoms with Crippen LogP contribution in [0.25, 0.3) is 0 Å². The number of aromatic nitrogens is 1. The predicted octanol–water partition coefficient (Wildman–Crippen LogP) is 0.297. The maximum Gasteiger partial charge on any atom is 0.329 e. The number of carbonyl (C=O) groups excluding carboxylic acids is 1. The van der Waals surface area contributed by atoms with Gasteiger partial charge in [-0.25, -0.2) is 4.79 Å². The van der Waals surface area contributed by atoms with E-state index in [9.17, 15) is 24.8 Å². The van der Waals surface area contributed by atoms with Crippen LogP contribution in [0.4, 0.5) is 5.69 Å². The van der Waals surface area contributed by atoms with Crippen molar-refractivity contribution in [2.45, 2.75) is 18.4 Å². The van der Waals surface area contributed by atoms with Crippen molar-refractivity contribution in [1.82, 2.24) is 9.88 Å². The Bertz CT molecular complexity index is 588.